The number of likely N-dealkylation sites (tertiary alicyclic amines) is 1. The van der Waals surface area contributed by atoms with E-state index in [9.17, 15) is 9.18 Å². The summed E-state index contributed by atoms with van der Waals surface area (Å²) in [7, 11) is 0. The van der Waals surface area contributed by atoms with Crippen LogP contribution in [0.2, 0.25) is 0 Å². The predicted molar refractivity (Wildman–Crippen MR) is 80.4 cm³/mol. The van der Waals surface area contributed by atoms with E-state index in [4.69, 9.17) is 10.00 Å². The van der Waals surface area contributed by atoms with Crippen LogP contribution in [0.5, 0.6) is 0 Å². The Morgan fingerprint density at radius 2 is 2.18 bits per heavy atom. The maximum absolute atomic E-state index is 13.3. The first-order valence-corrected chi connectivity index (χ1v) is 7.69. The Morgan fingerprint density at radius 3 is 2.82 bits per heavy atom. The average Bonchev–Trinajstić information content (AvgIpc) is 2.50. The van der Waals surface area contributed by atoms with Crippen molar-refractivity contribution in [3.8, 4) is 6.07 Å². The van der Waals surface area contributed by atoms with Gasteiger partial charge in [0.2, 0.25) is 0 Å². The number of benzene rings is 1. The Bertz CT molecular complexity index is 560. The molecule has 4 nitrogen and oxygen atoms in total. The minimum atomic E-state index is -0.314. The Hall–Kier alpha value is -1.93. The van der Waals surface area contributed by atoms with Crippen LogP contribution >= 0.6 is 0 Å². The Morgan fingerprint density at radius 1 is 1.45 bits per heavy atom. The lowest BCUT2D eigenvalue weighted by Crippen LogP contribution is -2.34. The van der Waals surface area contributed by atoms with Crippen molar-refractivity contribution in [1.29, 1.82) is 5.26 Å². The van der Waals surface area contributed by atoms with E-state index in [-0.39, 0.29) is 11.8 Å². The molecule has 0 amide bonds. The summed E-state index contributed by atoms with van der Waals surface area (Å²) in [6.45, 7) is 4.52. The third-order valence-electron chi connectivity index (χ3n) is 4.05. The normalized spacial score (nSPS) is 16.2. The molecule has 5 heteroatoms. The molecule has 1 heterocycles. The smallest absolute Gasteiger partial charge is 0.306 e. The van der Waals surface area contributed by atoms with E-state index in [1.807, 2.05) is 6.92 Å². The van der Waals surface area contributed by atoms with Crippen molar-refractivity contribution in [2.45, 2.75) is 32.7 Å². The van der Waals surface area contributed by atoms with E-state index in [1.54, 1.807) is 0 Å². The number of nitriles is 1. The van der Waals surface area contributed by atoms with E-state index in [2.05, 4.69) is 11.0 Å². The lowest BCUT2D eigenvalue weighted by molar-refractivity contribution is -0.144. The molecule has 22 heavy (non-hydrogen) atoms. The second-order valence-corrected chi connectivity index (χ2v) is 5.64. The highest BCUT2D eigenvalue weighted by atomic mass is 19.1. The van der Waals surface area contributed by atoms with Crippen LogP contribution in [-0.4, -0.2) is 30.6 Å². The largest absolute Gasteiger partial charge is 0.466 e. The van der Waals surface area contributed by atoms with Gasteiger partial charge < -0.3 is 4.74 Å². The zero-order chi connectivity index (χ0) is 15.9. The maximum Gasteiger partial charge on any atom is 0.306 e. The van der Waals surface area contributed by atoms with Crippen LogP contribution in [0.4, 0.5) is 4.39 Å². The van der Waals surface area contributed by atoms with Gasteiger partial charge >= 0.3 is 5.97 Å². The van der Waals surface area contributed by atoms with E-state index in [0.717, 1.165) is 31.5 Å². The van der Waals surface area contributed by atoms with Gasteiger partial charge in [-0.25, -0.2) is 4.39 Å². The van der Waals surface area contributed by atoms with Crippen molar-refractivity contribution < 1.29 is 13.9 Å². The van der Waals surface area contributed by atoms with Crippen molar-refractivity contribution in [3.63, 3.8) is 0 Å². The van der Waals surface area contributed by atoms with Gasteiger partial charge in [0.1, 0.15) is 5.82 Å². The van der Waals surface area contributed by atoms with Crippen LogP contribution in [0.1, 0.15) is 37.3 Å². The number of carbonyl (C=O) groups is 1. The molecule has 1 aliphatic heterocycles. The van der Waals surface area contributed by atoms with Crippen molar-refractivity contribution >= 4 is 5.97 Å². The monoisotopic (exact) mass is 304 g/mol. The van der Waals surface area contributed by atoms with Gasteiger partial charge in [0, 0.05) is 13.0 Å². The zero-order valence-electron chi connectivity index (χ0n) is 12.8. The Labute approximate surface area is 130 Å². The molecule has 1 aromatic rings. The molecule has 1 aromatic carbocycles. The first-order chi connectivity index (χ1) is 10.6. The standard InChI is InChI=1S/C17H21FN2O2/c1-2-22-17(21)9-13-5-7-20(8-6-13)12-15-10-16(18)4-3-14(15)11-19/h3-4,10,13H,2,5-9,12H2,1H3. The van der Waals surface area contributed by atoms with Crippen molar-refractivity contribution in [1.82, 2.24) is 4.90 Å². The molecule has 1 fully saturated rings. The highest BCUT2D eigenvalue weighted by molar-refractivity contribution is 5.69. The summed E-state index contributed by atoms with van der Waals surface area (Å²) in [4.78, 5) is 13.7. The minimum absolute atomic E-state index is 0.127. The molecule has 0 aromatic heterocycles. The lowest BCUT2D eigenvalue weighted by atomic mass is 9.93. The lowest BCUT2D eigenvalue weighted by Gasteiger charge is -2.31. The number of piperidine rings is 1. The zero-order valence-corrected chi connectivity index (χ0v) is 12.8. The van der Waals surface area contributed by atoms with Gasteiger partial charge in [0.25, 0.3) is 0 Å². The third-order valence-corrected chi connectivity index (χ3v) is 4.05. The fourth-order valence-corrected chi connectivity index (χ4v) is 2.85. The Kier molecular flexibility index (Phi) is 5.91. The summed E-state index contributed by atoms with van der Waals surface area (Å²) >= 11 is 0. The topological polar surface area (TPSA) is 53.3 Å². The van der Waals surface area contributed by atoms with E-state index >= 15 is 0 Å². The molecule has 118 valence electrons. The average molecular weight is 304 g/mol. The molecular weight excluding hydrogens is 283 g/mol. The fraction of sp³-hybridized carbons (Fsp3) is 0.529. The number of hydrogen-bond acceptors (Lipinski definition) is 4. The first kappa shape index (κ1) is 16.4. The summed E-state index contributed by atoms with van der Waals surface area (Å²) in [5.74, 6) is -0.0812. The molecule has 0 saturated carbocycles. The molecule has 0 N–H and O–H groups in total. The van der Waals surface area contributed by atoms with Crippen LogP contribution in [0.15, 0.2) is 18.2 Å². The number of nitrogens with zero attached hydrogens (tertiary/aromatic N) is 2. The fourth-order valence-electron chi connectivity index (χ4n) is 2.85. The van der Waals surface area contributed by atoms with Gasteiger partial charge in [-0.3, -0.25) is 9.69 Å². The molecule has 0 aliphatic carbocycles. The highest BCUT2D eigenvalue weighted by Gasteiger charge is 2.22. The van der Waals surface area contributed by atoms with Crippen LogP contribution in [-0.2, 0) is 16.1 Å². The SMILES string of the molecule is CCOC(=O)CC1CCN(Cc2cc(F)ccc2C#N)CC1. The second kappa shape index (κ2) is 7.90. The van der Waals surface area contributed by atoms with Crippen molar-refractivity contribution in [2.75, 3.05) is 19.7 Å². The van der Waals surface area contributed by atoms with Gasteiger partial charge in [-0.15, -0.1) is 0 Å². The highest BCUT2D eigenvalue weighted by Crippen LogP contribution is 2.23. The van der Waals surface area contributed by atoms with Crippen LogP contribution in [0.3, 0.4) is 0 Å². The van der Waals surface area contributed by atoms with E-state index in [0.29, 0.717) is 31.1 Å². The number of hydrogen-bond donors (Lipinski definition) is 0. The first-order valence-electron chi connectivity index (χ1n) is 7.69. The third kappa shape index (κ3) is 4.54. The van der Waals surface area contributed by atoms with Crippen molar-refractivity contribution in [3.05, 3.63) is 35.1 Å². The summed E-state index contributed by atoms with van der Waals surface area (Å²) < 4.78 is 18.3. The van der Waals surface area contributed by atoms with Crippen LogP contribution in [0.25, 0.3) is 0 Å². The molecule has 1 saturated heterocycles. The van der Waals surface area contributed by atoms with Gasteiger partial charge in [-0.1, -0.05) is 0 Å². The summed E-state index contributed by atoms with van der Waals surface area (Å²) in [6, 6.07) is 6.38. The molecule has 0 spiro atoms. The van der Waals surface area contributed by atoms with Crippen LogP contribution in [0, 0.1) is 23.1 Å². The van der Waals surface area contributed by atoms with Gasteiger partial charge in [-0.2, -0.15) is 5.26 Å². The number of rotatable bonds is 5. The molecule has 0 unspecified atom stereocenters. The van der Waals surface area contributed by atoms with Gasteiger partial charge in [0.05, 0.1) is 18.2 Å². The Balaban J connectivity index is 1.86. The van der Waals surface area contributed by atoms with Gasteiger partial charge in [0.15, 0.2) is 0 Å². The van der Waals surface area contributed by atoms with Crippen molar-refractivity contribution in [2.24, 2.45) is 5.92 Å². The summed E-state index contributed by atoms with van der Waals surface area (Å²) in [5, 5.41) is 9.09. The number of halogens is 1. The summed E-state index contributed by atoms with van der Waals surface area (Å²) in [5.41, 5.74) is 1.25. The molecular formula is C17H21FN2O2. The summed E-state index contributed by atoms with van der Waals surface area (Å²) in [6.07, 6.45) is 2.33. The molecule has 1 aliphatic rings. The predicted octanol–water partition coefficient (Wildman–Crippen LogP) is 2.86. The molecule has 0 radical (unpaired) electrons. The number of carbonyl (C=O) groups excluding carboxylic acids is 1. The maximum atomic E-state index is 13.3. The second-order valence-electron chi connectivity index (χ2n) is 5.64. The number of esters is 1. The molecule has 2 rings (SSSR count). The van der Waals surface area contributed by atoms with E-state index < -0.39 is 0 Å². The number of ether oxygens (including phenoxy) is 1. The molecule has 0 bridgehead atoms. The van der Waals surface area contributed by atoms with Gasteiger partial charge in [-0.05, 0) is 62.5 Å². The quantitative estimate of drug-likeness (QED) is 0.785. The van der Waals surface area contributed by atoms with Crippen LogP contribution < -0.4 is 0 Å². The molecule has 0 atom stereocenters. The van der Waals surface area contributed by atoms with E-state index in [1.165, 1.54) is 18.2 Å². The minimum Gasteiger partial charge on any atom is -0.466 e.